The van der Waals surface area contributed by atoms with Crippen LogP contribution in [0.15, 0.2) is 66.3 Å². The van der Waals surface area contributed by atoms with Crippen molar-refractivity contribution in [1.29, 1.82) is 5.26 Å². The topological polar surface area (TPSA) is 88.7 Å². The summed E-state index contributed by atoms with van der Waals surface area (Å²) in [6, 6.07) is 17.4. The van der Waals surface area contributed by atoms with Gasteiger partial charge in [0.25, 0.3) is 0 Å². The molecule has 5 aromatic rings. The zero-order valence-electron chi connectivity index (χ0n) is 19.7. The Kier molecular flexibility index (Phi) is 5.96. The molecule has 0 aliphatic heterocycles. The number of hydrogen-bond acceptors (Lipinski definition) is 7. The number of hydrogen-bond donors (Lipinski definition) is 1. The first kappa shape index (κ1) is 23.9. The maximum atomic E-state index is 12.9. The number of alkyl halides is 3. The molecule has 38 heavy (non-hydrogen) atoms. The Morgan fingerprint density at radius 1 is 1.08 bits per heavy atom. The number of benzene rings is 2. The number of nitriles is 1. The van der Waals surface area contributed by atoms with Crippen LogP contribution in [-0.4, -0.2) is 19.5 Å². The lowest BCUT2D eigenvalue weighted by Crippen LogP contribution is -2.17. The zero-order valence-corrected chi connectivity index (χ0v) is 20.6. The molecule has 3 aromatic heterocycles. The van der Waals surface area contributed by atoms with Crippen molar-refractivity contribution in [2.45, 2.75) is 31.5 Å². The van der Waals surface area contributed by atoms with Crippen LogP contribution in [0.1, 0.15) is 36.6 Å². The van der Waals surface area contributed by atoms with Gasteiger partial charge in [-0.2, -0.15) is 18.4 Å². The molecule has 1 N–H and O–H groups in total. The van der Waals surface area contributed by atoms with Gasteiger partial charge in [-0.3, -0.25) is 0 Å². The molecule has 0 amide bonds. The lowest BCUT2D eigenvalue weighted by atomic mass is 9.92. The Morgan fingerprint density at radius 3 is 2.47 bits per heavy atom. The summed E-state index contributed by atoms with van der Waals surface area (Å²) >= 11 is 0.889. The number of aromatic nitrogens is 4. The van der Waals surface area contributed by atoms with E-state index in [1.165, 1.54) is 0 Å². The minimum atomic E-state index is -4.48. The van der Waals surface area contributed by atoms with Crippen LogP contribution in [0.2, 0.25) is 0 Å². The molecule has 0 spiro atoms. The first-order chi connectivity index (χ1) is 18.4. The Hall–Kier alpha value is -4.43. The molecule has 1 saturated carbocycles. The van der Waals surface area contributed by atoms with Crippen molar-refractivity contribution >= 4 is 33.1 Å². The highest BCUT2D eigenvalue weighted by atomic mass is 32.1. The number of ether oxygens (including phenoxy) is 1. The average Bonchev–Trinajstić information content (AvgIpc) is 3.47. The largest absolute Gasteiger partial charge is 0.434 e. The van der Waals surface area contributed by atoms with Gasteiger partial charge in [0.05, 0.1) is 16.8 Å². The van der Waals surface area contributed by atoms with Crippen LogP contribution in [0, 0.1) is 11.3 Å². The van der Waals surface area contributed by atoms with Gasteiger partial charge < -0.3 is 14.6 Å². The molecule has 0 radical (unpaired) electrons. The molecule has 1 aliphatic rings. The minimum absolute atomic E-state index is 0.154. The van der Waals surface area contributed by atoms with Gasteiger partial charge >= 0.3 is 12.2 Å². The highest BCUT2D eigenvalue weighted by Crippen LogP contribution is 2.44. The maximum absolute atomic E-state index is 12.9. The van der Waals surface area contributed by atoms with Crippen LogP contribution >= 0.6 is 11.3 Å². The molecule has 7 nitrogen and oxygen atoms in total. The molecule has 0 unspecified atom stereocenters. The Balaban J connectivity index is 1.37. The summed E-state index contributed by atoms with van der Waals surface area (Å²) < 4.78 is 46.7. The van der Waals surface area contributed by atoms with E-state index in [2.05, 4.69) is 30.9 Å². The molecular formula is C27H19F3N6OS. The minimum Gasteiger partial charge on any atom is -0.424 e. The number of nitrogens with zero attached hydrogens (tertiary/aromatic N) is 5. The van der Waals surface area contributed by atoms with Gasteiger partial charge in [0.15, 0.2) is 10.8 Å². The van der Waals surface area contributed by atoms with Crippen molar-refractivity contribution in [3.05, 3.63) is 77.6 Å². The molecule has 11 heteroatoms. The van der Waals surface area contributed by atoms with E-state index in [0.717, 1.165) is 58.1 Å². The predicted molar refractivity (Wildman–Crippen MR) is 137 cm³/mol. The molecule has 1 aliphatic carbocycles. The van der Waals surface area contributed by atoms with Crippen molar-refractivity contribution in [3.63, 3.8) is 0 Å². The van der Waals surface area contributed by atoms with Crippen molar-refractivity contribution in [2.75, 3.05) is 5.32 Å². The normalized spacial score (nSPS) is 13.7. The van der Waals surface area contributed by atoms with Gasteiger partial charge in [0.2, 0.25) is 0 Å². The van der Waals surface area contributed by atoms with Crippen LogP contribution in [0.5, 0.6) is 11.8 Å². The molecule has 0 saturated heterocycles. The number of nitrogens with one attached hydrogen (secondary N) is 1. The van der Waals surface area contributed by atoms with E-state index in [1.54, 1.807) is 36.7 Å². The maximum Gasteiger partial charge on any atom is 0.434 e. The Bertz CT molecular complexity index is 1650. The number of rotatable bonds is 6. The third-order valence-corrected chi connectivity index (χ3v) is 7.24. The van der Waals surface area contributed by atoms with E-state index in [1.807, 2.05) is 24.3 Å². The molecule has 6 rings (SSSR count). The third kappa shape index (κ3) is 4.43. The van der Waals surface area contributed by atoms with E-state index in [-0.39, 0.29) is 17.2 Å². The van der Waals surface area contributed by atoms with Crippen molar-refractivity contribution in [1.82, 2.24) is 19.5 Å². The second-order valence-electron chi connectivity index (χ2n) is 8.84. The molecule has 0 bridgehead atoms. The highest BCUT2D eigenvalue weighted by molar-refractivity contribution is 7.13. The first-order valence-electron chi connectivity index (χ1n) is 11.8. The van der Waals surface area contributed by atoms with Gasteiger partial charge in [-0.05, 0) is 55.2 Å². The third-order valence-electron chi connectivity index (χ3n) is 6.48. The molecule has 0 atom stereocenters. The van der Waals surface area contributed by atoms with Crippen LogP contribution in [0.25, 0.3) is 22.2 Å². The average molecular weight is 533 g/mol. The quantitative estimate of drug-likeness (QED) is 0.241. The number of thiazole rings is 1. The highest BCUT2D eigenvalue weighted by Gasteiger charge is 2.34. The molecule has 190 valence electrons. The zero-order chi connectivity index (χ0) is 26.3. The summed E-state index contributed by atoms with van der Waals surface area (Å²) in [6.07, 6.45) is 1.83. The fraction of sp³-hybridized carbons (Fsp3) is 0.185. The summed E-state index contributed by atoms with van der Waals surface area (Å²) in [5.41, 5.74) is 2.76. The first-order valence-corrected chi connectivity index (χ1v) is 12.7. The van der Waals surface area contributed by atoms with Crippen molar-refractivity contribution < 1.29 is 17.9 Å². The summed E-state index contributed by atoms with van der Waals surface area (Å²) in [5.74, 6) is 0.569. The molecular weight excluding hydrogens is 513 g/mol. The van der Waals surface area contributed by atoms with Crippen molar-refractivity contribution in [3.8, 4) is 29.1 Å². The van der Waals surface area contributed by atoms with Crippen LogP contribution < -0.4 is 10.1 Å². The number of fused-ring (bicyclic) bond motifs is 1. The number of halogens is 3. The van der Waals surface area contributed by atoms with Gasteiger partial charge in [0, 0.05) is 41.0 Å². The van der Waals surface area contributed by atoms with E-state index in [9.17, 15) is 18.4 Å². The molecule has 3 heterocycles. The summed E-state index contributed by atoms with van der Waals surface area (Å²) in [7, 11) is 0. The second kappa shape index (κ2) is 9.46. The van der Waals surface area contributed by atoms with Gasteiger partial charge in [-0.15, -0.1) is 11.3 Å². The number of anilines is 2. The lowest BCUT2D eigenvalue weighted by Gasteiger charge is -2.30. The summed E-state index contributed by atoms with van der Waals surface area (Å²) in [6.45, 7) is 0. The lowest BCUT2D eigenvalue weighted by molar-refractivity contribution is -0.140. The van der Waals surface area contributed by atoms with Gasteiger partial charge in [-0.25, -0.2) is 15.0 Å². The van der Waals surface area contributed by atoms with Crippen LogP contribution in [-0.2, 0) is 6.18 Å². The van der Waals surface area contributed by atoms with E-state index >= 15 is 0 Å². The van der Waals surface area contributed by atoms with Crippen LogP contribution in [0.3, 0.4) is 0 Å². The summed E-state index contributed by atoms with van der Waals surface area (Å²) in [4.78, 5) is 11.9. The Morgan fingerprint density at radius 2 is 1.84 bits per heavy atom. The monoisotopic (exact) mass is 532 g/mol. The second-order valence-corrected chi connectivity index (χ2v) is 9.70. The SMILES string of the molecule is N#Cc1c(-c2ccc(Nc3nc(C(F)(F)F)cs3)cc2)n(C2CCC2)c2cc(Oc3ncccn3)ccc12. The van der Waals surface area contributed by atoms with Crippen molar-refractivity contribution in [2.24, 2.45) is 0 Å². The van der Waals surface area contributed by atoms with Crippen LogP contribution in [0.4, 0.5) is 24.0 Å². The fourth-order valence-electron chi connectivity index (χ4n) is 4.51. The van der Waals surface area contributed by atoms with E-state index in [0.29, 0.717) is 17.0 Å². The van der Waals surface area contributed by atoms with Gasteiger partial charge in [0.1, 0.15) is 11.8 Å². The standard InChI is InChI=1S/C27H19F3N6OS/c28-27(29,30)23-15-38-26(35-23)34-17-7-5-16(6-8-17)24-21(14-31)20-10-9-19(37-25-32-11-2-12-33-25)13-22(20)36(24)18-3-1-4-18/h2,5-13,15,18H,1,3-4H2,(H,34,35). The molecule has 1 fully saturated rings. The molecule has 2 aromatic carbocycles. The Labute approximate surface area is 219 Å². The smallest absolute Gasteiger partial charge is 0.424 e. The van der Waals surface area contributed by atoms with E-state index in [4.69, 9.17) is 4.74 Å². The van der Waals surface area contributed by atoms with E-state index < -0.39 is 11.9 Å². The van der Waals surface area contributed by atoms with Gasteiger partial charge in [-0.1, -0.05) is 12.1 Å². The fourth-order valence-corrected chi connectivity index (χ4v) is 5.25. The predicted octanol–water partition coefficient (Wildman–Crippen LogP) is 7.71. The summed E-state index contributed by atoms with van der Waals surface area (Å²) in [5, 5.41) is 15.0.